The monoisotopic (exact) mass is 362 g/mol. The predicted octanol–water partition coefficient (Wildman–Crippen LogP) is 2.36. The molecule has 6 nitrogen and oxygen atoms in total. The number of hydrogen-bond acceptors (Lipinski definition) is 4. The lowest BCUT2D eigenvalue weighted by molar-refractivity contribution is -0.127. The molecule has 1 unspecified atom stereocenters. The van der Waals surface area contributed by atoms with Crippen LogP contribution in [0.4, 0.5) is 0 Å². The van der Waals surface area contributed by atoms with Crippen LogP contribution in [0.15, 0.2) is 48.5 Å². The molecule has 132 valence electrons. The summed E-state index contributed by atoms with van der Waals surface area (Å²) in [5, 5.41) is 15.1. The van der Waals surface area contributed by atoms with Crippen LogP contribution >= 0.6 is 11.6 Å². The minimum atomic E-state index is -0.701. The summed E-state index contributed by atoms with van der Waals surface area (Å²) in [6.45, 7) is 2.17. The van der Waals surface area contributed by atoms with Crippen molar-refractivity contribution >= 4 is 23.4 Å². The Morgan fingerprint density at radius 3 is 2.48 bits per heavy atom. The summed E-state index contributed by atoms with van der Waals surface area (Å²) in [4.78, 5) is 23.9. The number of carbonyl (C=O) groups excluding carboxylic acids is 2. The topological polar surface area (TPSA) is 87.7 Å². The van der Waals surface area contributed by atoms with Crippen molar-refractivity contribution in [2.75, 3.05) is 13.1 Å². The fraction of sp³-hybridized carbons (Fsp3) is 0.222. The molecule has 0 bridgehead atoms. The van der Waals surface area contributed by atoms with Crippen LogP contribution in [-0.2, 0) is 4.79 Å². The number of phenols is 1. The summed E-state index contributed by atoms with van der Waals surface area (Å²) in [5.74, 6) is 0.0461. The van der Waals surface area contributed by atoms with E-state index in [0.29, 0.717) is 16.3 Å². The average Bonchev–Trinajstić information content (AvgIpc) is 2.60. The molecule has 2 amide bonds. The van der Waals surface area contributed by atoms with Crippen molar-refractivity contribution in [3.05, 3.63) is 59.1 Å². The second-order valence-electron chi connectivity index (χ2n) is 5.31. The van der Waals surface area contributed by atoms with Gasteiger partial charge >= 0.3 is 0 Å². The molecule has 0 spiro atoms. The zero-order chi connectivity index (χ0) is 18.2. The molecular formula is C18H19ClN2O4. The number of hydrogen-bond donors (Lipinski definition) is 3. The van der Waals surface area contributed by atoms with Crippen molar-refractivity contribution in [2.45, 2.75) is 13.0 Å². The zero-order valence-electron chi connectivity index (χ0n) is 13.7. The van der Waals surface area contributed by atoms with E-state index in [9.17, 15) is 14.7 Å². The maximum absolute atomic E-state index is 12.0. The van der Waals surface area contributed by atoms with Gasteiger partial charge in [-0.3, -0.25) is 9.59 Å². The van der Waals surface area contributed by atoms with Crippen molar-refractivity contribution in [2.24, 2.45) is 0 Å². The maximum atomic E-state index is 12.0. The lowest BCUT2D eigenvalue weighted by Gasteiger charge is -2.15. The molecule has 0 heterocycles. The molecule has 0 aliphatic heterocycles. The highest BCUT2D eigenvalue weighted by Crippen LogP contribution is 2.17. The quantitative estimate of drug-likeness (QED) is 0.660. The van der Waals surface area contributed by atoms with E-state index in [1.54, 1.807) is 43.3 Å². The van der Waals surface area contributed by atoms with E-state index >= 15 is 0 Å². The predicted molar refractivity (Wildman–Crippen MR) is 95.0 cm³/mol. The van der Waals surface area contributed by atoms with Gasteiger partial charge in [-0.15, -0.1) is 0 Å². The number of ether oxygens (including phenoxy) is 1. The highest BCUT2D eigenvalue weighted by molar-refractivity contribution is 6.30. The number of nitrogens with one attached hydrogen (secondary N) is 2. The first-order valence-electron chi connectivity index (χ1n) is 7.73. The summed E-state index contributed by atoms with van der Waals surface area (Å²) < 4.78 is 5.47. The SMILES string of the molecule is CC(Oc1ccc(O)cc1)C(=O)NCCNC(=O)c1cccc(Cl)c1. The molecule has 2 aromatic carbocycles. The van der Waals surface area contributed by atoms with Crippen LogP contribution in [0, 0.1) is 0 Å². The molecule has 0 aliphatic carbocycles. The lowest BCUT2D eigenvalue weighted by atomic mass is 10.2. The van der Waals surface area contributed by atoms with Crippen LogP contribution in [0.25, 0.3) is 0 Å². The standard InChI is InChI=1S/C18H19ClN2O4/c1-12(25-16-7-5-15(22)6-8-16)17(23)20-9-10-21-18(24)13-3-2-4-14(19)11-13/h2-8,11-12,22H,9-10H2,1H3,(H,20,23)(H,21,24). The van der Waals surface area contributed by atoms with Gasteiger partial charge < -0.3 is 20.5 Å². The maximum Gasteiger partial charge on any atom is 0.260 e. The number of amides is 2. The molecule has 2 rings (SSSR count). The highest BCUT2D eigenvalue weighted by atomic mass is 35.5. The lowest BCUT2D eigenvalue weighted by Crippen LogP contribution is -2.40. The molecule has 0 saturated carbocycles. The second kappa shape index (κ2) is 8.94. The van der Waals surface area contributed by atoms with E-state index < -0.39 is 6.10 Å². The van der Waals surface area contributed by atoms with Crippen LogP contribution in [0.1, 0.15) is 17.3 Å². The van der Waals surface area contributed by atoms with Gasteiger partial charge in [0, 0.05) is 23.7 Å². The third-order valence-corrected chi connectivity index (χ3v) is 3.55. The summed E-state index contributed by atoms with van der Waals surface area (Å²) >= 11 is 5.84. The summed E-state index contributed by atoms with van der Waals surface area (Å²) in [5.41, 5.74) is 0.461. The largest absolute Gasteiger partial charge is 0.508 e. The van der Waals surface area contributed by atoms with Crippen molar-refractivity contribution in [1.82, 2.24) is 10.6 Å². The number of halogens is 1. The van der Waals surface area contributed by atoms with Crippen LogP contribution in [0.5, 0.6) is 11.5 Å². The number of carbonyl (C=O) groups is 2. The molecule has 7 heteroatoms. The van der Waals surface area contributed by atoms with Gasteiger partial charge in [0.05, 0.1) is 0 Å². The summed E-state index contributed by atoms with van der Waals surface area (Å²) in [6, 6.07) is 12.7. The molecule has 3 N–H and O–H groups in total. The first-order chi connectivity index (χ1) is 12.0. The molecule has 0 radical (unpaired) electrons. The number of aromatic hydroxyl groups is 1. The zero-order valence-corrected chi connectivity index (χ0v) is 14.4. The molecule has 0 fully saturated rings. The Balaban J connectivity index is 1.71. The summed E-state index contributed by atoms with van der Waals surface area (Å²) in [7, 11) is 0. The second-order valence-corrected chi connectivity index (χ2v) is 5.75. The van der Waals surface area contributed by atoms with E-state index in [2.05, 4.69) is 10.6 Å². The van der Waals surface area contributed by atoms with Gasteiger partial charge in [-0.25, -0.2) is 0 Å². The molecular weight excluding hydrogens is 344 g/mol. The number of rotatable bonds is 7. The number of phenolic OH excluding ortho intramolecular Hbond substituents is 1. The first kappa shape index (κ1) is 18.6. The summed E-state index contributed by atoms with van der Waals surface area (Å²) in [6.07, 6.45) is -0.701. The minimum Gasteiger partial charge on any atom is -0.508 e. The first-order valence-corrected chi connectivity index (χ1v) is 8.10. The smallest absolute Gasteiger partial charge is 0.260 e. The van der Waals surface area contributed by atoms with Gasteiger partial charge in [-0.2, -0.15) is 0 Å². The Hall–Kier alpha value is -2.73. The Labute approximate surface area is 150 Å². The Kier molecular flexibility index (Phi) is 6.65. The van der Waals surface area contributed by atoms with Crippen LogP contribution < -0.4 is 15.4 Å². The van der Waals surface area contributed by atoms with Crippen LogP contribution in [-0.4, -0.2) is 36.1 Å². The van der Waals surface area contributed by atoms with Crippen molar-refractivity contribution in [3.8, 4) is 11.5 Å². The Morgan fingerprint density at radius 2 is 1.80 bits per heavy atom. The van der Waals surface area contributed by atoms with Gasteiger partial charge in [0.2, 0.25) is 0 Å². The fourth-order valence-electron chi connectivity index (χ4n) is 2.02. The van der Waals surface area contributed by atoms with E-state index in [0.717, 1.165) is 0 Å². The molecule has 0 aliphatic rings. The molecule has 2 aromatic rings. The van der Waals surface area contributed by atoms with E-state index in [1.807, 2.05) is 0 Å². The van der Waals surface area contributed by atoms with E-state index in [1.165, 1.54) is 12.1 Å². The van der Waals surface area contributed by atoms with Gasteiger partial charge in [-0.05, 0) is 49.4 Å². The molecule has 0 saturated heterocycles. The third-order valence-electron chi connectivity index (χ3n) is 3.32. The van der Waals surface area contributed by atoms with Crippen molar-refractivity contribution in [3.63, 3.8) is 0 Å². The normalized spacial score (nSPS) is 11.4. The van der Waals surface area contributed by atoms with Crippen LogP contribution in [0.2, 0.25) is 5.02 Å². The highest BCUT2D eigenvalue weighted by Gasteiger charge is 2.14. The van der Waals surface area contributed by atoms with Crippen molar-refractivity contribution < 1.29 is 19.4 Å². The van der Waals surface area contributed by atoms with E-state index in [4.69, 9.17) is 16.3 Å². The van der Waals surface area contributed by atoms with Crippen LogP contribution in [0.3, 0.4) is 0 Å². The van der Waals surface area contributed by atoms with Gasteiger partial charge in [0.25, 0.3) is 11.8 Å². The average molecular weight is 363 g/mol. The van der Waals surface area contributed by atoms with E-state index in [-0.39, 0.29) is 30.7 Å². The number of benzene rings is 2. The molecule has 1 atom stereocenters. The fourth-order valence-corrected chi connectivity index (χ4v) is 2.21. The minimum absolute atomic E-state index is 0.125. The van der Waals surface area contributed by atoms with Crippen molar-refractivity contribution in [1.29, 1.82) is 0 Å². The Bertz CT molecular complexity index is 734. The third kappa shape index (κ3) is 6.00. The molecule has 25 heavy (non-hydrogen) atoms. The van der Waals surface area contributed by atoms with Gasteiger partial charge in [0.1, 0.15) is 11.5 Å². The van der Waals surface area contributed by atoms with Gasteiger partial charge in [0.15, 0.2) is 6.10 Å². The Morgan fingerprint density at radius 1 is 1.12 bits per heavy atom. The molecule has 0 aromatic heterocycles. The van der Waals surface area contributed by atoms with Gasteiger partial charge in [-0.1, -0.05) is 17.7 Å².